The highest BCUT2D eigenvalue weighted by Crippen LogP contribution is 2.35. The van der Waals surface area contributed by atoms with Crippen molar-refractivity contribution in [3.05, 3.63) is 69.3 Å². The number of carboxylic acid groups (broad SMARTS) is 1. The number of aromatic nitrogens is 2. The van der Waals surface area contributed by atoms with Gasteiger partial charge in [-0.05, 0) is 48.9 Å². The summed E-state index contributed by atoms with van der Waals surface area (Å²) in [5.41, 5.74) is -1.39. The average molecular weight is 463 g/mol. The number of aromatic carboxylic acids is 1. The summed E-state index contributed by atoms with van der Waals surface area (Å²) >= 11 is 0. The number of benzene rings is 2. The van der Waals surface area contributed by atoms with Crippen molar-refractivity contribution in [1.82, 2.24) is 9.55 Å². The standard InChI is InChI=1S/C22H20F3N3O5/c1-12-26-18-9-17(22(23,24)25)14(8-16(18)20(30)28(12)11-19(29)33-3)10-27(2)15-6-4-13(5-7-15)21(31)32/h4-9H,10-11H2,1-3H3,(H,31,32). The predicted octanol–water partition coefficient (Wildman–Crippen LogP) is 3.23. The number of alkyl halides is 3. The molecular weight excluding hydrogens is 443 g/mol. The second kappa shape index (κ2) is 8.93. The number of anilines is 1. The summed E-state index contributed by atoms with van der Waals surface area (Å²) in [6.07, 6.45) is -4.70. The number of esters is 1. The number of methoxy groups -OCH3 is 1. The number of rotatable bonds is 6. The van der Waals surface area contributed by atoms with Crippen molar-refractivity contribution < 1.29 is 32.6 Å². The summed E-state index contributed by atoms with van der Waals surface area (Å²) in [7, 11) is 2.70. The van der Waals surface area contributed by atoms with E-state index in [0.29, 0.717) is 5.69 Å². The lowest BCUT2D eigenvalue weighted by molar-refractivity contribution is -0.141. The van der Waals surface area contributed by atoms with Gasteiger partial charge in [0, 0.05) is 19.3 Å². The van der Waals surface area contributed by atoms with Crippen LogP contribution in [0.1, 0.15) is 27.3 Å². The van der Waals surface area contributed by atoms with Crippen LogP contribution in [-0.2, 0) is 28.8 Å². The number of nitrogens with zero attached hydrogens (tertiary/aromatic N) is 3. The molecule has 0 radical (unpaired) electrons. The molecular formula is C22H20F3N3O5. The first kappa shape index (κ1) is 23.8. The Morgan fingerprint density at radius 2 is 1.82 bits per heavy atom. The van der Waals surface area contributed by atoms with E-state index in [0.717, 1.165) is 23.8 Å². The van der Waals surface area contributed by atoms with Gasteiger partial charge in [-0.25, -0.2) is 9.78 Å². The molecule has 0 unspecified atom stereocenters. The van der Waals surface area contributed by atoms with Gasteiger partial charge < -0.3 is 14.7 Å². The largest absolute Gasteiger partial charge is 0.478 e. The highest BCUT2D eigenvalue weighted by atomic mass is 19.4. The van der Waals surface area contributed by atoms with Gasteiger partial charge in [-0.1, -0.05) is 0 Å². The number of aryl methyl sites for hydroxylation is 1. The summed E-state index contributed by atoms with van der Waals surface area (Å²) in [4.78, 5) is 41.2. The summed E-state index contributed by atoms with van der Waals surface area (Å²) in [5, 5.41) is 8.94. The molecule has 0 amide bonds. The van der Waals surface area contributed by atoms with Crippen molar-refractivity contribution in [1.29, 1.82) is 0 Å². The molecule has 8 nitrogen and oxygen atoms in total. The van der Waals surface area contributed by atoms with Crippen molar-refractivity contribution in [2.45, 2.75) is 26.2 Å². The van der Waals surface area contributed by atoms with Crippen molar-refractivity contribution in [2.24, 2.45) is 0 Å². The van der Waals surface area contributed by atoms with E-state index in [9.17, 15) is 27.6 Å². The smallest absolute Gasteiger partial charge is 0.416 e. The second-order valence-electron chi connectivity index (χ2n) is 7.36. The molecule has 1 aromatic heterocycles. The zero-order valence-electron chi connectivity index (χ0n) is 17.9. The summed E-state index contributed by atoms with van der Waals surface area (Å²) in [6.45, 7) is 0.775. The summed E-state index contributed by atoms with van der Waals surface area (Å²) in [5.74, 6) is -1.74. The molecule has 3 aromatic rings. The Hall–Kier alpha value is -3.89. The van der Waals surface area contributed by atoms with Crippen molar-refractivity contribution in [3.8, 4) is 0 Å². The van der Waals surface area contributed by atoms with E-state index >= 15 is 0 Å². The minimum Gasteiger partial charge on any atom is -0.478 e. The van der Waals surface area contributed by atoms with Gasteiger partial charge in [-0.15, -0.1) is 0 Å². The Morgan fingerprint density at radius 3 is 2.36 bits per heavy atom. The lowest BCUT2D eigenvalue weighted by atomic mass is 10.0. The van der Waals surface area contributed by atoms with Crippen LogP contribution in [-0.4, -0.2) is 40.8 Å². The molecule has 11 heteroatoms. The topological polar surface area (TPSA) is 102 Å². The number of carbonyl (C=O) groups excluding carboxylic acids is 1. The van der Waals surface area contributed by atoms with Gasteiger partial charge in [0.15, 0.2) is 0 Å². The molecule has 0 atom stereocenters. The van der Waals surface area contributed by atoms with Crippen LogP contribution in [0.4, 0.5) is 18.9 Å². The normalized spacial score (nSPS) is 11.5. The van der Waals surface area contributed by atoms with Crippen LogP contribution in [0, 0.1) is 6.92 Å². The predicted molar refractivity (Wildman–Crippen MR) is 113 cm³/mol. The fraction of sp³-hybridized carbons (Fsp3) is 0.273. The van der Waals surface area contributed by atoms with Crippen molar-refractivity contribution in [3.63, 3.8) is 0 Å². The molecule has 0 bridgehead atoms. The summed E-state index contributed by atoms with van der Waals surface area (Å²) in [6, 6.07) is 7.60. The van der Waals surface area contributed by atoms with E-state index in [1.165, 1.54) is 36.1 Å². The minimum atomic E-state index is -4.70. The molecule has 174 valence electrons. The fourth-order valence-corrected chi connectivity index (χ4v) is 3.40. The molecule has 0 aliphatic rings. The minimum absolute atomic E-state index is 0.0430. The lowest BCUT2D eigenvalue weighted by Crippen LogP contribution is -2.28. The molecule has 0 saturated heterocycles. The van der Waals surface area contributed by atoms with E-state index in [1.54, 1.807) is 7.05 Å². The molecule has 1 N–H and O–H groups in total. The van der Waals surface area contributed by atoms with Crippen molar-refractivity contribution >= 4 is 28.5 Å². The van der Waals surface area contributed by atoms with Gasteiger partial charge in [0.05, 0.1) is 29.1 Å². The van der Waals surface area contributed by atoms with E-state index in [4.69, 9.17) is 5.11 Å². The first-order valence-electron chi connectivity index (χ1n) is 9.65. The molecule has 3 rings (SSSR count). The fourth-order valence-electron chi connectivity index (χ4n) is 3.40. The maximum atomic E-state index is 13.8. The van der Waals surface area contributed by atoms with E-state index < -0.39 is 35.8 Å². The molecule has 0 spiro atoms. The monoisotopic (exact) mass is 463 g/mol. The highest BCUT2D eigenvalue weighted by Gasteiger charge is 2.34. The molecule has 2 aromatic carbocycles. The quantitative estimate of drug-likeness (QED) is 0.560. The van der Waals surface area contributed by atoms with E-state index in [1.807, 2.05) is 0 Å². The van der Waals surface area contributed by atoms with Crippen LogP contribution in [0.15, 0.2) is 41.2 Å². The van der Waals surface area contributed by atoms with Crippen LogP contribution in [0.2, 0.25) is 0 Å². The number of carboxylic acids is 1. The lowest BCUT2D eigenvalue weighted by Gasteiger charge is -2.23. The third-order valence-corrected chi connectivity index (χ3v) is 5.15. The van der Waals surface area contributed by atoms with Gasteiger partial charge in [0.25, 0.3) is 5.56 Å². The summed E-state index contributed by atoms with van der Waals surface area (Å²) < 4.78 is 47.1. The maximum Gasteiger partial charge on any atom is 0.416 e. The van der Waals surface area contributed by atoms with Crippen LogP contribution in [0.5, 0.6) is 0 Å². The molecule has 0 fully saturated rings. The van der Waals surface area contributed by atoms with Crippen LogP contribution in [0.25, 0.3) is 10.9 Å². The van der Waals surface area contributed by atoms with Gasteiger partial charge >= 0.3 is 18.1 Å². The number of hydrogen-bond donors (Lipinski definition) is 1. The zero-order chi connectivity index (χ0) is 24.5. The molecule has 33 heavy (non-hydrogen) atoms. The van der Waals surface area contributed by atoms with E-state index in [-0.39, 0.29) is 34.4 Å². The SMILES string of the molecule is COC(=O)Cn1c(C)nc2cc(C(F)(F)F)c(CN(C)c3ccc(C(=O)O)cc3)cc2c1=O. The molecule has 0 aliphatic carbocycles. The second-order valence-corrected chi connectivity index (χ2v) is 7.36. The number of ether oxygens (including phenoxy) is 1. The van der Waals surface area contributed by atoms with Crippen molar-refractivity contribution in [2.75, 3.05) is 19.1 Å². The van der Waals surface area contributed by atoms with Gasteiger partial charge in [-0.2, -0.15) is 13.2 Å². The number of carbonyl (C=O) groups is 2. The zero-order valence-corrected chi connectivity index (χ0v) is 17.9. The maximum absolute atomic E-state index is 13.8. The van der Waals surface area contributed by atoms with Gasteiger partial charge in [-0.3, -0.25) is 14.2 Å². The van der Waals surface area contributed by atoms with Crippen LogP contribution in [0.3, 0.4) is 0 Å². The Bertz CT molecular complexity index is 1280. The first-order valence-corrected chi connectivity index (χ1v) is 9.65. The number of hydrogen-bond acceptors (Lipinski definition) is 6. The third-order valence-electron chi connectivity index (χ3n) is 5.15. The van der Waals surface area contributed by atoms with Crippen LogP contribution >= 0.6 is 0 Å². The Kier molecular flexibility index (Phi) is 6.43. The average Bonchev–Trinajstić information content (AvgIpc) is 2.75. The molecule has 1 heterocycles. The van der Waals surface area contributed by atoms with Gasteiger partial charge in [0.1, 0.15) is 12.4 Å². The first-order chi connectivity index (χ1) is 15.4. The molecule has 0 saturated carbocycles. The number of halogens is 3. The van der Waals surface area contributed by atoms with E-state index in [2.05, 4.69) is 9.72 Å². The van der Waals surface area contributed by atoms with Crippen LogP contribution < -0.4 is 10.5 Å². The Balaban J connectivity index is 2.11. The third kappa shape index (κ3) is 4.97. The highest BCUT2D eigenvalue weighted by molar-refractivity contribution is 5.88. The molecule has 0 aliphatic heterocycles. The Labute approximate surface area is 185 Å². The van der Waals surface area contributed by atoms with Gasteiger partial charge in [0.2, 0.25) is 0 Å². The Morgan fingerprint density at radius 1 is 1.18 bits per heavy atom. The number of fused-ring (bicyclic) bond motifs is 1.